The minimum Gasteiger partial charge on any atom is -0.465 e. The number of esters is 1. The Balaban J connectivity index is 1.55. The molecule has 8 fully saturated rings. The number of carbonyl (C=O) groups excluding carboxylic acids is 1. The van der Waals surface area contributed by atoms with Crippen LogP contribution in [0.3, 0.4) is 0 Å². The maximum atomic E-state index is 14.0. The first-order valence-corrected chi connectivity index (χ1v) is 13.0. The van der Waals surface area contributed by atoms with Gasteiger partial charge < -0.3 is 23.7 Å². The van der Waals surface area contributed by atoms with Crippen LogP contribution in [0.1, 0.15) is 58.8 Å². The van der Waals surface area contributed by atoms with E-state index >= 15 is 0 Å². The summed E-state index contributed by atoms with van der Waals surface area (Å²) in [6.45, 7) is 10.8. The van der Waals surface area contributed by atoms with Crippen LogP contribution in [0.15, 0.2) is 24.3 Å². The lowest BCUT2D eigenvalue weighted by Gasteiger charge is -2.63. The fourth-order valence-corrected chi connectivity index (χ4v) is 8.85. The molecule has 0 radical (unpaired) electrons. The van der Waals surface area contributed by atoms with Gasteiger partial charge in [-0.2, -0.15) is 0 Å². The minimum absolute atomic E-state index is 0.0979. The number of fused-ring (bicyclic) bond motifs is 1. The molecule has 6 nitrogen and oxygen atoms in total. The van der Waals surface area contributed by atoms with Gasteiger partial charge in [0.15, 0.2) is 0 Å². The van der Waals surface area contributed by atoms with Gasteiger partial charge in [-0.15, -0.1) is 6.58 Å². The third-order valence-electron chi connectivity index (χ3n) is 10.3. The molecule has 10 aliphatic rings. The summed E-state index contributed by atoms with van der Waals surface area (Å²) in [5, 5.41) is 0. The fourth-order valence-electron chi connectivity index (χ4n) is 8.85. The molecule has 4 unspecified atom stereocenters. The van der Waals surface area contributed by atoms with Gasteiger partial charge in [0.05, 0.1) is 44.6 Å². The monoisotopic (exact) mass is 458 g/mol. The third-order valence-corrected chi connectivity index (χ3v) is 10.3. The highest BCUT2D eigenvalue weighted by atomic mass is 16.7. The Hall–Kier alpha value is -1.21. The average molecular weight is 459 g/mol. The lowest BCUT2D eigenvalue weighted by atomic mass is 9.45. The Morgan fingerprint density at radius 3 is 2.73 bits per heavy atom. The van der Waals surface area contributed by atoms with E-state index in [4.69, 9.17) is 23.7 Å². The predicted octanol–water partition coefficient (Wildman–Crippen LogP) is 4.19. The van der Waals surface area contributed by atoms with E-state index in [2.05, 4.69) is 19.6 Å². The smallest absolute Gasteiger partial charge is 0.316 e. The molecule has 0 amide bonds. The molecule has 3 saturated carbocycles. The molecular weight excluding hydrogens is 420 g/mol. The number of rotatable bonds is 3. The zero-order chi connectivity index (χ0) is 22.9. The van der Waals surface area contributed by atoms with Crippen molar-refractivity contribution in [3.05, 3.63) is 24.3 Å². The standard InChI is InChI=1S/C27H38O6/c1-4-25-17-26(23(28)29-5-2)18-6-7-19-20-8-9-22(24(20,3)11-10-21(19)26)30-12-13-32-27(25,16-18)33-15-14-31-25/h4,6,19-22H,1,5,7-17H2,2-3H3/t19-,20+,21?,22?,24-,25?,26+,27?/m0/s1. The Morgan fingerprint density at radius 1 is 1.15 bits per heavy atom. The summed E-state index contributed by atoms with van der Waals surface area (Å²) in [5.74, 6) is 0.154. The summed E-state index contributed by atoms with van der Waals surface area (Å²) in [7, 11) is 0. The topological polar surface area (TPSA) is 63.2 Å². The second kappa shape index (κ2) is 7.64. The molecule has 8 atom stereocenters. The quantitative estimate of drug-likeness (QED) is 0.467. The number of allylic oxidation sites excluding steroid dienone is 1. The molecule has 182 valence electrons. The highest BCUT2D eigenvalue weighted by Gasteiger charge is 2.71. The zero-order valence-electron chi connectivity index (χ0n) is 20.1. The summed E-state index contributed by atoms with van der Waals surface area (Å²) in [5.41, 5.74) is -0.327. The predicted molar refractivity (Wildman–Crippen MR) is 121 cm³/mol. The van der Waals surface area contributed by atoms with E-state index in [1.54, 1.807) is 0 Å². The van der Waals surface area contributed by atoms with E-state index in [1.165, 1.54) is 6.42 Å². The van der Waals surface area contributed by atoms with E-state index in [0.29, 0.717) is 57.7 Å². The summed E-state index contributed by atoms with van der Waals surface area (Å²) in [6.07, 6.45) is 10.8. The van der Waals surface area contributed by atoms with Gasteiger partial charge in [0.25, 0.3) is 0 Å². The van der Waals surface area contributed by atoms with Gasteiger partial charge in [0.1, 0.15) is 5.60 Å². The molecule has 1 spiro atoms. The van der Waals surface area contributed by atoms with E-state index < -0.39 is 16.8 Å². The van der Waals surface area contributed by atoms with Crippen LogP contribution in [0.5, 0.6) is 0 Å². The van der Waals surface area contributed by atoms with Gasteiger partial charge in [0.2, 0.25) is 5.79 Å². The van der Waals surface area contributed by atoms with Crippen LogP contribution in [0.4, 0.5) is 0 Å². The largest absolute Gasteiger partial charge is 0.465 e. The summed E-state index contributed by atoms with van der Waals surface area (Å²) in [4.78, 5) is 14.0. The van der Waals surface area contributed by atoms with Crippen molar-refractivity contribution in [1.29, 1.82) is 0 Å². The van der Waals surface area contributed by atoms with Crippen LogP contribution >= 0.6 is 0 Å². The highest BCUT2D eigenvalue weighted by Crippen LogP contribution is 2.68. The normalized spacial score (nSPS) is 50.5. The second-order valence-corrected chi connectivity index (χ2v) is 11.3. The Labute approximate surface area is 197 Å². The Morgan fingerprint density at radius 2 is 1.94 bits per heavy atom. The van der Waals surface area contributed by atoms with Crippen LogP contribution in [-0.4, -0.2) is 56.5 Å². The lowest BCUT2D eigenvalue weighted by molar-refractivity contribution is -0.368. The van der Waals surface area contributed by atoms with E-state index in [0.717, 1.165) is 31.3 Å². The van der Waals surface area contributed by atoms with Crippen LogP contribution < -0.4 is 0 Å². The van der Waals surface area contributed by atoms with Gasteiger partial charge in [-0.25, -0.2) is 0 Å². The first-order valence-electron chi connectivity index (χ1n) is 13.0. The van der Waals surface area contributed by atoms with E-state index in [-0.39, 0.29) is 23.4 Å². The summed E-state index contributed by atoms with van der Waals surface area (Å²) >= 11 is 0. The van der Waals surface area contributed by atoms with Crippen LogP contribution in [0.2, 0.25) is 0 Å². The molecule has 0 aromatic heterocycles. The molecule has 6 heteroatoms. The molecule has 0 aromatic rings. The summed E-state index contributed by atoms with van der Waals surface area (Å²) in [6, 6.07) is 0. The maximum Gasteiger partial charge on any atom is 0.316 e. The maximum absolute atomic E-state index is 14.0. The molecular formula is C27H38O6. The molecule has 10 rings (SSSR count). The minimum atomic E-state index is -0.986. The van der Waals surface area contributed by atoms with Crippen molar-refractivity contribution in [3.63, 3.8) is 0 Å². The van der Waals surface area contributed by atoms with Gasteiger partial charge in [-0.1, -0.05) is 24.6 Å². The molecule has 8 bridgehead atoms. The van der Waals surface area contributed by atoms with Crippen LogP contribution in [0.25, 0.3) is 0 Å². The van der Waals surface area contributed by atoms with Gasteiger partial charge in [-0.05, 0) is 62.2 Å². The highest BCUT2D eigenvalue weighted by molar-refractivity contribution is 5.82. The summed E-state index contributed by atoms with van der Waals surface area (Å²) < 4.78 is 31.8. The van der Waals surface area contributed by atoms with E-state index in [9.17, 15) is 4.79 Å². The molecule has 0 N–H and O–H groups in total. The molecule has 33 heavy (non-hydrogen) atoms. The first kappa shape index (κ1) is 22.3. The van der Waals surface area contributed by atoms with Crippen molar-refractivity contribution >= 4 is 5.97 Å². The second-order valence-electron chi connectivity index (χ2n) is 11.3. The third kappa shape index (κ3) is 2.78. The van der Waals surface area contributed by atoms with Crippen molar-refractivity contribution in [3.8, 4) is 0 Å². The van der Waals surface area contributed by atoms with Crippen LogP contribution in [0, 0.1) is 28.6 Å². The molecule has 6 aliphatic heterocycles. The number of hydrogen-bond acceptors (Lipinski definition) is 6. The van der Waals surface area contributed by atoms with Gasteiger partial charge >= 0.3 is 5.97 Å². The van der Waals surface area contributed by atoms with E-state index in [1.807, 2.05) is 13.0 Å². The molecule has 6 heterocycles. The van der Waals surface area contributed by atoms with Crippen molar-refractivity contribution in [2.75, 3.05) is 33.0 Å². The Bertz CT molecular complexity index is 869. The Kier molecular flexibility index (Phi) is 5.16. The molecule has 0 aromatic carbocycles. The molecule has 5 saturated heterocycles. The average Bonchev–Trinajstić information content (AvgIpc) is 3.16. The number of hydrogen-bond donors (Lipinski definition) is 0. The van der Waals surface area contributed by atoms with Crippen molar-refractivity contribution in [2.45, 2.75) is 76.3 Å². The lowest BCUT2D eigenvalue weighted by Crippen LogP contribution is -2.70. The zero-order valence-corrected chi connectivity index (χ0v) is 20.1. The van der Waals surface area contributed by atoms with Crippen molar-refractivity contribution in [2.24, 2.45) is 28.6 Å². The number of ether oxygens (including phenoxy) is 5. The van der Waals surface area contributed by atoms with Gasteiger partial charge in [-0.3, -0.25) is 4.79 Å². The van der Waals surface area contributed by atoms with Gasteiger partial charge in [0, 0.05) is 12.8 Å². The van der Waals surface area contributed by atoms with Crippen LogP contribution in [-0.2, 0) is 28.5 Å². The number of carbonyl (C=O) groups is 1. The first-order chi connectivity index (χ1) is 15.9. The molecule has 4 aliphatic carbocycles. The van der Waals surface area contributed by atoms with Crippen molar-refractivity contribution in [1.82, 2.24) is 0 Å². The van der Waals surface area contributed by atoms with Crippen molar-refractivity contribution < 1.29 is 28.5 Å². The fraction of sp³-hybridized carbons (Fsp3) is 0.815. The SMILES string of the molecule is C=CC12C[C@@]3(C(=O)OCC)C4=CC[C@@H]5C3CC[C@]3(C)C(CC[C@H]53)OCCOC1(C4)OCCO2.